The fourth-order valence-electron chi connectivity index (χ4n) is 2.99. The number of nitrogens with one attached hydrogen (secondary N) is 1. The van der Waals surface area contributed by atoms with Crippen molar-refractivity contribution in [3.8, 4) is 0 Å². The van der Waals surface area contributed by atoms with Gasteiger partial charge in [-0.3, -0.25) is 9.69 Å². The van der Waals surface area contributed by atoms with Crippen LogP contribution in [-0.2, 0) is 0 Å². The maximum Gasteiger partial charge on any atom is 0.192 e. The number of ketones is 1. The van der Waals surface area contributed by atoms with Crippen molar-refractivity contribution in [2.24, 2.45) is 5.92 Å². The number of hydrogen-bond donors (Lipinski definition) is 1. The highest BCUT2D eigenvalue weighted by Crippen LogP contribution is 2.37. The molecule has 1 aliphatic heterocycles. The van der Waals surface area contributed by atoms with Crippen LogP contribution in [0.4, 0.5) is 0 Å². The smallest absolute Gasteiger partial charge is 0.192 e. The lowest BCUT2D eigenvalue weighted by molar-refractivity contribution is 0.0900. The van der Waals surface area contributed by atoms with Gasteiger partial charge in [-0.2, -0.15) is 0 Å². The first-order valence-corrected chi connectivity index (χ1v) is 5.73. The molecule has 2 bridgehead atoms. The summed E-state index contributed by atoms with van der Waals surface area (Å²) in [6.07, 6.45) is 5.79. The third-order valence-electron chi connectivity index (χ3n) is 3.77. The van der Waals surface area contributed by atoms with E-state index < -0.39 is 0 Å². The molecule has 2 fully saturated rings. The quantitative estimate of drug-likeness (QED) is 0.760. The van der Waals surface area contributed by atoms with Gasteiger partial charge >= 0.3 is 0 Å². The summed E-state index contributed by atoms with van der Waals surface area (Å²) in [7, 11) is 0. The van der Waals surface area contributed by atoms with Crippen LogP contribution in [0.3, 0.4) is 0 Å². The van der Waals surface area contributed by atoms with Crippen LogP contribution in [-0.4, -0.2) is 34.8 Å². The van der Waals surface area contributed by atoms with E-state index >= 15 is 0 Å². The topological polar surface area (TPSA) is 36.1 Å². The van der Waals surface area contributed by atoms with E-state index in [0.717, 1.165) is 18.2 Å². The minimum absolute atomic E-state index is 0.229. The first-order chi connectivity index (χ1) is 7.33. The van der Waals surface area contributed by atoms with E-state index in [0.29, 0.717) is 12.6 Å². The molecule has 2 heterocycles. The molecule has 1 saturated heterocycles. The van der Waals surface area contributed by atoms with E-state index in [2.05, 4.69) is 9.88 Å². The van der Waals surface area contributed by atoms with Crippen LogP contribution in [0.25, 0.3) is 0 Å². The van der Waals surface area contributed by atoms with Crippen LogP contribution in [0.1, 0.15) is 29.8 Å². The largest absolute Gasteiger partial charge is 0.359 e. The van der Waals surface area contributed by atoms with E-state index in [1.807, 2.05) is 18.3 Å². The number of piperidine rings is 1. The van der Waals surface area contributed by atoms with Gasteiger partial charge in [-0.05, 0) is 37.3 Å². The van der Waals surface area contributed by atoms with Gasteiger partial charge in [-0.1, -0.05) is 0 Å². The highest BCUT2D eigenvalue weighted by molar-refractivity contribution is 5.95. The Kier molecular flexibility index (Phi) is 2.13. The number of nitrogens with zero attached hydrogens (tertiary/aromatic N) is 1. The molecule has 1 N–H and O–H groups in total. The fourth-order valence-corrected chi connectivity index (χ4v) is 2.99. The lowest BCUT2D eigenvalue weighted by atomic mass is 10.1. The van der Waals surface area contributed by atoms with Gasteiger partial charge in [0.25, 0.3) is 0 Å². The Bertz CT molecular complexity index is 358. The average molecular weight is 204 g/mol. The zero-order chi connectivity index (χ0) is 10.3. The third kappa shape index (κ3) is 1.61. The molecule has 0 amide bonds. The molecular weight excluding hydrogens is 188 g/mol. The molecular formula is C12H16N2O. The maximum atomic E-state index is 11.9. The maximum absolute atomic E-state index is 11.9. The van der Waals surface area contributed by atoms with Crippen LogP contribution < -0.4 is 0 Å². The molecule has 3 nitrogen and oxygen atoms in total. The summed E-state index contributed by atoms with van der Waals surface area (Å²) in [5, 5.41) is 0. The van der Waals surface area contributed by atoms with Crippen molar-refractivity contribution < 1.29 is 4.79 Å². The van der Waals surface area contributed by atoms with Crippen molar-refractivity contribution in [2.75, 3.05) is 13.1 Å². The molecule has 0 spiro atoms. The lowest BCUT2D eigenvalue weighted by Gasteiger charge is -2.25. The summed E-state index contributed by atoms with van der Waals surface area (Å²) in [6.45, 7) is 1.73. The van der Waals surface area contributed by atoms with Crippen LogP contribution in [0.5, 0.6) is 0 Å². The summed E-state index contributed by atoms with van der Waals surface area (Å²) in [6, 6.07) is 4.42. The Morgan fingerprint density at radius 2 is 2.47 bits per heavy atom. The van der Waals surface area contributed by atoms with Gasteiger partial charge in [-0.25, -0.2) is 0 Å². The van der Waals surface area contributed by atoms with Crippen LogP contribution in [0, 0.1) is 5.92 Å². The molecule has 1 aromatic rings. The van der Waals surface area contributed by atoms with E-state index in [1.54, 1.807) is 0 Å². The fraction of sp³-hybridized carbons (Fsp3) is 0.583. The van der Waals surface area contributed by atoms with Gasteiger partial charge in [-0.15, -0.1) is 0 Å². The van der Waals surface area contributed by atoms with Crippen molar-refractivity contribution >= 4 is 5.78 Å². The Balaban J connectivity index is 1.64. The molecule has 3 heteroatoms. The number of Topliss-reactive ketones (excluding diaryl/α,β-unsaturated/α-hetero) is 1. The third-order valence-corrected chi connectivity index (χ3v) is 3.77. The lowest BCUT2D eigenvalue weighted by Crippen LogP contribution is -2.36. The van der Waals surface area contributed by atoms with Gasteiger partial charge in [0.15, 0.2) is 5.78 Å². The molecule has 2 unspecified atom stereocenters. The van der Waals surface area contributed by atoms with E-state index in [4.69, 9.17) is 0 Å². The van der Waals surface area contributed by atoms with Gasteiger partial charge in [0.1, 0.15) is 0 Å². The Hall–Kier alpha value is -1.09. The standard InChI is InChI=1S/C12H16N2O/c15-12(11-2-1-5-13-11)8-14-7-9-3-4-10(14)6-9/h1-2,5,9-10,13H,3-4,6-8H2. The number of hydrogen-bond acceptors (Lipinski definition) is 2. The number of rotatable bonds is 3. The minimum atomic E-state index is 0.229. The molecule has 1 aromatic heterocycles. The van der Waals surface area contributed by atoms with E-state index in [9.17, 15) is 4.79 Å². The summed E-state index contributed by atoms with van der Waals surface area (Å²) in [5.41, 5.74) is 0.748. The van der Waals surface area contributed by atoms with Crippen molar-refractivity contribution in [2.45, 2.75) is 25.3 Å². The van der Waals surface area contributed by atoms with Crippen molar-refractivity contribution in [3.63, 3.8) is 0 Å². The van der Waals surface area contributed by atoms with Crippen LogP contribution in [0.15, 0.2) is 18.3 Å². The SMILES string of the molecule is O=C(CN1CC2CCC1C2)c1ccc[nH]1. The zero-order valence-corrected chi connectivity index (χ0v) is 8.78. The van der Waals surface area contributed by atoms with Crippen molar-refractivity contribution in [1.29, 1.82) is 0 Å². The van der Waals surface area contributed by atoms with E-state index in [-0.39, 0.29) is 5.78 Å². The molecule has 1 saturated carbocycles. The number of carbonyl (C=O) groups is 1. The Labute approximate surface area is 89.5 Å². The monoisotopic (exact) mass is 204 g/mol. The second-order valence-corrected chi connectivity index (χ2v) is 4.77. The summed E-state index contributed by atoms with van der Waals surface area (Å²) < 4.78 is 0. The summed E-state index contributed by atoms with van der Waals surface area (Å²) in [5.74, 6) is 1.10. The second-order valence-electron chi connectivity index (χ2n) is 4.77. The molecule has 80 valence electrons. The number of H-pyrrole nitrogens is 1. The summed E-state index contributed by atoms with van der Waals surface area (Å²) >= 11 is 0. The predicted molar refractivity (Wildman–Crippen MR) is 57.8 cm³/mol. The van der Waals surface area contributed by atoms with Gasteiger partial charge in [0.05, 0.1) is 12.2 Å². The molecule has 1 aliphatic carbocycles. The normalized spacial score (nSPS) is 29.9. The van der Waals surface area contributed by atoms with Crippen LogP contribution in [0.2, 0.25) is 0 Å². The first kappa shape index (κ1) is 9.16. The molecule has 3 rings (SSSR count). The molecule has 15 heavy (non-hydrogen) atoms. The number of likely N-dealkylation sites (tertiary alicyclic amines) is 1. The minimum Gasteiger partial charge on any atom is -0.359 e. The zero-order valence-electron chi connectivity index (χ0n) is 8.78. The molecule has 2 aliphatic rings. The molecule has 2 atom stereocenters. The number of aromatic amines is 1. The predicted octanol–water partition coefficient (Wildman–Crippen LogP) is 1.68. The summed E-state index contributed by atoms with van der Waals surface area (Å²) in [4.78, 5) is 17.2. The van der Waals surface area contributed by atoms with Gasteiger partial charge in [0, 0.05) is 18.8 Å². The Morgan fingerprint density at radius 1 is 1.53 bits per heavy atom. The average Bonchev–Trinajstić information content (AvgIpc) is 2.95. The van der Waals surface area contributed by atoms with E-state index in [1.165, 1.54) is 19.3 Å². The first-order valence-electron chi connectivity index (χ1n) is 5.73. The highest BCUT2D eigenvalue weighted by atomic mass is 16.1. The number of aromatic nitrogens is 1. The van der Waals surface area contributed by atoms with Crippen LogP contribution >= 0.6 is 0 Å². The van der Waals surface area contributed by atoms with Crippen molar-refractivity contribution in [1.82, 2.24) is 9.88 Å². The molecule has 0 radical (unpaired) electrons. The second kappa shape index (κ2) is 3.49. The number of carbonyl (C=O) groups excluding carboxylic acids is 1. The molecule has 0 aromatic carbocycles. The Morgan fingerprint density at radius 3 is 3.07 bits per heavy atom. The van der Waals surface area contributed by atoms with Gasteiger partial charge < -0.3 is 4.98 Å². The van der Waals surface area contributed by atoms with Crippen molar-refractivity contribution in [3.05, 3.63) is 24.0 Å². The van der Waals surface area contributed by atoms with Gasteiger partial charge in [0.2, 0.25) is 0 Å². The highest BCUT2D eigenvalue weighted by Gasteiger charge is 2.38. The number of fused-ring (bicyclic) bond motifs is 2.